The Morgan fingerprint density at radius 3 is 2.57 bits per heavy atom. The molecular weight excluding hydrogens is 471 g/mol. The number of anilines is 1. The molecule has 4 rings (SSSR count). The molecular formula is C25H24ClFN6O2. The fourth-order valence-electron chi connectivity index (χ4n) is 4.08. The van der Waals surface area contributed by atoms with E-state index in [9.17, 15) is 19.2 Å². The number of carbonyl (C=O) groups excluding carboxylic acids is 1. The van der Waals surface area contributed by atoms with E-state index in [4.69, 9.17) is 11.6 Å². The number of benzene rings is 1. The van der Waals surface area contributed by atoms with Crippen LogP contribution in [-0.4, -0.2) is 51.5 Å². The molecule has 0 bridgehead atoms. The summed E-state index contributed by atoms with van der Waals surface area (Å²) in [5, 5.41) is 10.3. The van der Waals surface area contributed by atoms with Crippen LogP contribution in [0.1, 0.15) is 13.8 Å². The lowest BCUT2D eigenvalue weighted by Crippen LogP contribution is -2.49. The molecule has 180 valence electrons. The van der Waals surface area contributed by atoms with E-state index in [1.54, 1.807) is 43.0 Å². The van der Waals surface area contributed by atoms with Crippen molar-refractivity contribution in [2.45, 2.75) is 20.4 Å². The van der Waals surface area contributed by atoms with E-state index in [0.29, 0.717) is 37.4 Å². The zero-order valence-electron chi connectivity index (χ0n) is 19.5. The molecule has 2 aromatic heterocycles. The summed E-state index contributed by atoms with van der Waals surface area (Å²) in [7, 11) is 0. The molecule has 1 aromatic carbocycles. The maximum atomic E-state index is 14.6. The van der Waals surface area contributed by atoms with Gasteiger partial charge in [0, 0.05) is 38.3 Å². The lowest BCUT2D eigenvalue weighted by atomic mass is 9.96. The summed E-state index contributed by atoms with van der Waals surface area (Å²) in [6, 6.07) is 9.94. The summed E-state index contributed by atoms with van der Waals surface area (Å²) in [5.74, 6) is -0.267. The quantitative estimate of drug-likeness (QED) is 0.502. The van der Waals surface area contributed by atoms with Gasteiger partial charge in [-0.2, -0.15) is 10.2 Å². The standard InChI is InChI=1S/C25H24ClFN6O2/c1-4-20(34)31-9-11-32(12-10-31)22-17-13-18(26)21(16-7-5-6-8-19(16)27)29-23(17)33(24(35)30-22)15-25(2,3)14-28/h4-8,13H,1,9-12,15H2,2-3H3. The Hall–Kier alpha value is -3.77. The summed E-state index contributed by atoms with van der Waals surface area (Å²) in [6.45, 7) is 8.76. The first-order valence-electron chi connectivity index (χ1n) is 11.1. The van der Waals surface area contributed by atoms with Gasteiger partial charge in [-0.25, -0.2) is 14.2 Å². The second-order valence-corrected chi connectivity index (χ2v) is 9.39. The minimum Gasteiger partial charge on any atom is -0.352 e. The predicted octanol–water partition coefficient (Wildman–Crippen LogP) is 3.64. The first kappa shape index (κ1) is 24.4. The van der Waals surface area contributed by atoms with Crippen molar-refractivity contribution in [1.29, 1.82) is 5.26 Å². The summed E-state index contributed by atoms with van der Waals surface area (Å²) >= 11 is 6.58. The largest absolute Gasteiger partial charge is 0.352 e. The van der Waals surface area contributed by atoms with Crippen molar-refractivity contribution in [3.05, 3.63) is 64.3 Å². The van der Waals surface area contributed by atoms with Crippen LogP contribution in [0.3, 0.4) is 0 Å². The van der Waals surface area contributed by atoms with Crippen LogP contribution in [0.15, 0.2) is 47.8 Å². The van der Waals surface area contributed by atoms with Gasteiger partial charge >= 0.3 is 5.69 Å². The smallest absolute Gasteiger partial charge is 0.351 e. The number of nitriles is 1. The second-order valence-electron chi connectivity index (χ2n) is 8.99. The summed E-state index contributed by atoms with van der Waals surface area (Å²) in [6.07, 6.45) is 1.27. The number of nitrogens with zero attached hydrogens (tertiary/aromatic N) is 6. The van der Waals surface area contributed by atoms with Crippen LogP contribution in [0.2, 0.25) is 5.02 Å². The van der Waals surface area contributed by atoms with E-state index >= 15 is 0 Å². The number of halogens is 2. The minimum absolute atomic E-state index is 0.0407. The molecule has 0 spiro atoms. The first-order chi connectivity index (χ1) is 16.6. The topological polar surface area (TPSA) is 95.1 Å². The van der Waals surface area contributed by atoms with Gasteiger partial charge in [0.2, 0.25) is 5.91 Å². The molecule has 35 heavy (non-hydrogen) atoms. The third-order valence-electron chi connectivity index (χ3n) is 5.94. The van der Waals surface area contributed by atoms with E-state index < -0.39 is 16.9 Å². The normalized spacial score (nSPS) is 14.1. The summed E-state index contributed by atoms with van der Waals surface area (Å²) in [5.41, 5.74) is -0.798. The highest BCUT2D eigenvalue weighted by Gasteiger charge is 2.27. The van der Waals surface area contributed by atoms with Crippen molar-refractivity contribution in [3.63, 3.8) is 0 Å². The molecule has 0 saturated carbocycles. The predicted molar refractivity (Wildman–Crippen MR) is 133 cm³/mol. The van der Waals surface area contributed by atoms with Gasteiger partial charge < -0.3 is 9.80 Å². The Labute approximate surface area is 206 Å². The molecule has 1 amide bonds. The Morgan fingerprint density at radius 2 is 1.94 bits per heavy atom. The molecule has 0 atom stereocenters. The number of amides is 1. The van der Waals surface area contributed by atoms with Crippen LogP contribution in [0, 0.1) is 22.6 Å². The van der Waals surface area contributed by atoms with E-state index in [-0.39, 0.29) is 34.4 Å². The fourth-order valence-corrected chi connectivity index (χ4v) is 4.33. The molecule has 1 aliphatic heterocycles. The second kappa shape index (κ2) is 9.47. The van der Waals surface area contributed by atoms with Gasteiger partial charge in [-0.15, -0.1) is 0 Å². The maximum Gasteiger partial charge on any atom is 0.351 e. The van der Waals surface area contributed by atoms with Crippen molar-refractivity contribution in [1.82, 2.24) is 19.4 Å². The average molecular weight is 495 g/mol. The van der Waals surface area contributed by atoms with Crippen LogP contribution in [0.5, 0.6) is 0 Å². The number of hydrogen-bond acceptors (Lipinski definition) is 6. The van der Waals surface area contributed by atoms with Crippen LogP contribution < -0.4 is 10.6 Å². The molecule has 8 nitrogen and oxygen atoms in total. The maximum absolute atomic E-state index is 14.6. The van der Waals surface area contributed by atoms with Crippen molar-refractivity contribution in [2.24, 2.45) is 5.41 Å². The number of piperazine rings is 1. The lowest BCUT2D eigenvalue weighted by Gasteiger charge is -2.35. The molecule has 1 saturated heterocycles. The van der Waals surface area contributed by atoms with Crippen LogP contribution in [0.4, 0.5) is 10.2 Å². The van der Waals surface area contributed by atoms with E-state index in [1.165, 1.54) is 16.7 Å². The molecule has 1 aliphatic rings. The zero-order chi connectivity index (χ0) is 25.3. The highest BCUT2D eigenvalue weighted by Crippen LogP contribution is 2.34. The van der Waals surface area contributed by atoms with Gasteiger partial charge in [0.15, 0.2) is 0 Å². The summed E-state index contributed by atoms with van der Waals surface area (Å²) in [4.78, 5) is 37.7. The van der Waals surface area contributed by atoms with E-state index in [0.717, 1.165) is 0 Å². The number of hydrogen-bond donors (Lipinski definition) is 0. The molecule has 0 unspecified atom stereocenters. The number of rotatable bonds is 5. The van der Waals surface area contributed by atoms with Gasteiger partial charge in [0.25, 0.3) is 0 Å². The van der Waals surface area contributed by atoms with Crippen molar-refractivity contribution in [2.75, 3.05) is 31.1 Å². The molecule has 0 N–H and O–H groups in total. The van der Waals surface area contributed by atoms with Crippen LogP contribution in [-0.2, 0) is 11.3 Å². The van der Waals surface area contributed by atoms with Crippen LogP contribution >= 0.6 is 11.6 Å². The average Bonchev–Trinajstić information content (AvgIpc) is 2.85. The fraction of sp³-hybridized carbons (Fsp3) is 0.320. The highest BCUT2D eigenvalue weighted by molar-refractivity contribution is 6.33. The Bertz CT molecular complexity index is 1420. The Balaban J connectivity index is 1.90. The first-order valence-corrected chi connectivity index (χ1v) is 11.5. The molecule has 0 aliphatic carbocycles. The number of carbonyl (C=O) groups is 1. The zero-order valence-corrected chi connectivity index (χ0v) is 20.2. The third kappa shape index (κ3) is 4.75. The SMILES string of the molecule is C=CC(=O)N1CCN(c2nc(=O)n(CC(C)(C)C#N)c3nc(-c4ccccc4F)c(Cl)cc23)CC1. The highest BCUT2D eigenvalue weighted by atomic mass is 35.5. The molecule has 0 radical (unpaired) electrons. The molecule has 3 aromatic rings. The van der Waals surface area contributed by atoms with Crippen molar-refractivity contribution >= 4 is 34.4 Å². The Kier molecular flexibility index (Phi) is 6.59. The minimum atomic E-state index is -0.879. The van der Waals surface area contributed by atoms with Gasteiger partial charge in [0.1, 0.15) is 17.3 Å². The number of pyridine rings is 1. The molecule has 10 heteroatoms. The van der Waals surface area contributed by atoms with Crippen molar-refractivity contribution in [3.8, 4) is 17.3 Å². The molecule has 3 heterocycles. The lowest BCUT2D eigenvalue weighted by molar-refractivity contribution is -0.126. The number of aromatic nitrogens is 3. The van der Waals surface area contributed by atoms with Gasteiger partial charge in [-0.05, 0) is 38.1 Å². The number of fused-ring (bicyclic) bond motifs is 1. The molecule has 1 fully saturated rings. The van der Waals surface area contributed by atoms with Crippen molar-refractivity contribution < 1.29 is 9.18 Å². The Morgan fingerprint density at radius 1 is 1.26 bits per heavy atom. The van der Waals surface area contributed by atoms with Gasteiger partial charge in [-0.1, -0.05) is 30.3 Å². The third-order valence-corrected chi connectivity index (χ3v) is 6.22. The van der Waals surface area contributed by atoms with Gasteiger partial charge in [0.05, 0.1) is 27.6 Å². The van der Waals surface area contributed by atoms with E-state index in [1.807, 2.05) is 4.90 Å². The van der Waals surface area contributed by atoms with E-state index in [2.05, 4.69) is 22.6 Å². The van der Waals surface area contributed by atoms with Crippen LogP contribution in [0.25, 0.3) is 22.3 Å². The van der Waals surface area contributed by atoms with Gasteiger partial charge in [-0.3, -0.25) is 9.36 Å². The summed E-state index contributed by atoms with van der Waals surface area (Å²) < 4.78 is 15.9. The monoisotopic (exact) mass is 494 g/mol.